The van der Waals surface area contributed by atoms with Crippen molar-refractivity contribution in [3.8, 4) is 0 Å². The summed E-state index contributed by atoms with van der Waals surface area (Å²) >= 11 is 0. The van der Waals surface area contributed by atoms with Crippen LogP contribution in [0.5, 0.6) is 0 Å². The van der Waals surface area contributed by atoms with Crippen molar-refractivity contribution >= 4 is 22.0 Å². The quantitative estimate of drug-likeness (QED) is 0.522. The number of carbonyl (C=O) groups excluding carboxylic acids is 2. The molecule has 2 rings (SSSR count). The number of hydrogen-bond donors (Lipinski definition) is 4. The van der Waals surface area contributed by atoms with Gasteiger partial charge < -0.3 is 16.0 Å². The van der Waals surface area contributed by atoms with E-state index in [1.807, 2.05) is 0 Å². The number of benzene rings is 1. The SMILES string of the molecule is NS(=O)(=O)c1ccc(CCNC(=O)CCNC(=O)NC2CCCCC2)cc1. The van der Waals surface area contributed by atoms with E-state index in [0.29, 0.717) is 13.0 Å². The van der Waals surface area contributed by atoms with E-state index in [4.69, 9.17) is 5.14 Å². The number of nitrogens with two attached hydrogens (primary N) is 1. The highest BCUT2D eigenvalue weighted by Crippen LogP contribution is 2.17. The van der Waals surface area contributed by atoms with Crippen LogP contribution in [0.2, 0.25) is 0 Å². The summed E-state index contributed by atoms with van der Waals surface area (Å²) in [4.78, 5) is 23.7. The Kier molecular flexibility index (Phi) is 8.05. The molecule has 8 nitrogen and oxygen atoms in total. The largest absolute Gasteiger partial charge is 0.356 e. The normalized spacial score (nSPS) is 15.1. The summed E-state index contributed by atoms with van der Waals surface area (Å²) in [6.45, 7) is 0.718. The van der Waals surface area contributed by atoms with Crippen LogP contribution < -0.4 is 21.1 Å². The van der Waals surface area contributed by atoms with E-state index in [2.05, 4.69) is 16.0 Å². The van der Waals surface area contributed by atoms with Crippen LogP contribution in [0.25, 0.3) is 0 Å². The van der Waals surface area contributed by atoms with Crippen molar-refractivity contribution in [3.05, 3.63) is 29.8 Å². The molecule has 0 radical (unpaired) electrons. The van der Waals surface area contributed by atoms with Gasteiger partial charge >= 0.3 is 6.03 Å². The van der Waals surface area contributed by atoms with Gasteiger partial charge in [-0.05, 0) is 37.0 Å². The summed E-state index contributed by atoms with van der Waals surface area (Å²) in [5.74, 6) is -0.144. The van der Waals surface area contributed by atoms with Crippen molar-refractivity contribution in [1.29, 1.82) is 0 Å². The van der Waals surface area contributed by atoms with Gasteiger partial charge in [-0.15, -0.1) is 0 Å². The maximum atomic E-state index is 11.8. The molecule has 3 amide bonds. The van der Waals surface area contributed by atoms with Crippen molar-refractivity contribution < 1.29 is 18.0 Å². The van der Waals surface area contributed by atoms with E-state index >= 15 is 0 Å². The first-order chi connectivity index (χ1) is 12.8. The van der Waals surface area contributed by atoms with Crippen LogP contribution in [0, 0.1) is 0 Å². The maximum Gasteiger partial charge on any atom is 0.315 e. The third-order valence-corrected chi connectivity index (χ3v) is 5.49. The smallest absolute Gasteiger partial charge is 0.315 e. The molecule has 1 saturated carbocycles. The summed E-state index contributed by atoms with van der Waals surface area (Å²) < 4.78 is 22.4. The van der Waals surface area contributed by atoms with Gasteiger partial charge in [-0.3, -0.25) is 4.79 Å². The van der Waals surface area contributed by atoms with E-state index in [1.54, 1.807) is 12.1 Å². The Balaban J connectivity index is 1.58. The number of primary sulfonamides is 1. The minimum absolute atomic E-state index is 0.0628. The molecular formula is C18H28N4O4S. The summed E-state index contributed by atoms with van der Waals surface area (Å²) in [6.07, 6.45) is 6.36. The van der Waals surface area contributed by atoms with E-state index in [9.17, 15) is 18.0 Å². The average molecular weight is 397 g/mol. The van der Waals surface area contributed by atoms with Crippen LogP contribution in [0.1, 0.15) is 44.1 Å². The zero-order valence-electron chi connectivity index (χ0n) is 15.4. The van der Waals surface area contributed by atoms with Gasteiger partial charge in [0.25, 0.3) is 0 Å². The first-order valence-corrected chi connectivity index (χ1v) is 10.8. The van der Waals surface area contributed by atoms with Crippen LogP contribution in [0.3, 0.4) is 0 Å². The molecule has 5 N–H and O–H groups in total. The second-order valence-corrected chi connectivity index (χ2v) is 8.34. The Morgan fingerprint density at radius 3 is 2.30 bits per heavy atom. The van der Waals surface area contributed by atoms with Gasteiger partial charge in [0.1, 0.15) is 0 Å². The third-order valence-electron chi connectivity index (χ3n) is 4.57. The number of sulfonamides is 1. The third kappa shape index (κ3) is 7.96. The maximum absolute atomic E-state index is 11.8. The lowest BCUT2D eigenvalue weighted by Crippen LogP contribution is -2.43. The highest BCUT2D eigenvalue weighted by molar-refractivity contribution is 7.89. The number of urea groups is 1. The molecule has 1 aliphatic carbocycles. The van der Waals surface area contributed by atoms with Crippen molar-refractivity contribution in [2.45, 2.75) is 55.9 Å². The van der Waals surface area contributed by atoms with Crippen LogP contribution >= 0.6 is 0 Å². The number of amides is 3. The van der Waals surface area contributed by atoms with Crippen molar-refractivity contribution in [3.63, 3.8) is 0 Å². The highest BCUT2D eigenvalue weighted by atomic mass is 32.2. The van der Waals surface area contributed by atoms with Crippen molar-refractivity contribution in [2.24, 2.45) is 5.14 Å². The summed E-state index contributed by atoms with van der Waals surface area (Å²) in [7, 11) is -3.69. The zero-order valence-corrected chi connectivity index (χ0v) is 16.2. The number of nitrogens with one attached hydrogen (secondary N) is 3. The lowest BCUT2D eigenvalue weighted by atomic mass is 9.96. The fourth-order valence-electron chi connectivity index (χ4n) is 3.05. The first kappa shape index (κ1) is 21.2. The topological polar surface area (TPSA) is 130 Å². The van der Waals surface area contributed by atoms with Gasteiger partial charge in [-0.1, -0.05) is 31.4 Å². The molecule has 1 aromatic rings. The van der Waals surface area contributed by atoms with Crippen LogP contribution in [-0.4, -0.2) is 39.5 Å². The average Bonchev–Trinajstić information content (AvgIpc) is 2.62. The lowest BCUT2D eigenvalue weighted by molar-refractivity contribution is -0.120. The summed E-state index contributed by atoms with van der Waals surface area (Å²) in [5.41, 5.74) is 0.896. The fraction of sp³-hybridized carbons (Fsp3) is 0.556. The molecule has 150 valence electrons. The molecule has 0 heterocycles. The van der Waals surface area contributed by atoms with E-state index in [1.165, 1.54) is 18.6 Å². The molecule has 0 saturated heterocycles. The zero-order chi connectivity index (χ0) is 19.7. The number of hydrogen-bond acceptors (Lipinski definition) is 4. The molecule has 0 atom stereocenters. The van der Waals surface area contributed by atoms with E-state index in [-0.39, 0.29) is 35.8 Å². The van der Waals surface area contributed by atoms with Gasteiger partial charge in [-0.25, -0.2) is 18.4 Å². The molecule has 1 aromatic carbocycles. The number of carbonyl (C=O) groups is 2. The van der Waals surface area contributed by atoms with Crippen LogP contribution in [0.15, 0.2) is 29.2 Å². The molecule has 0 spiro atoms. The summed E-state index contributed by atoms with van der Waals surface area (Å²) in [5, 5.41) is 13.5. The van der Waals surface area contributed by atoms with Crippen molar-refractivity contribution in [1.82, 2.24) is 16.0 Å². The minimum atomic E-state index is -3.69. The monoisotopic (exact) mass is 396 g/mol. The highest BCUT2D eigenvalue weighted by Gasteiger charge is 2.15. The van der Waals surface area contributed by atoms with Gasteiger partial charge in [0.2, 0.25) is 15.9 Å². The molecule has 0 bridgehead atoms. The van der Waals surface area contributed by atoms with E-state index < -0.39 is 10.0 Å². The van der Waals surface area contributed by atoms with Crippen LogP contribution in [-0.2, 0) is 21.2 Å². The second-order valence-electron chi connectivity index (χ2n) is 6.77. The molecule has 1 fully saturated rings. The molecule has 0 aromatic heterocycles. The fourth-order valence-corrected chi connectivity index (χ4v) is 3.57. The van der Waals surface area contributed by atoms with Crippen LogP contribution in [0.4, 0.5) is 4.79 Å². The van der Waals surface area contributed by atoms with Gasteiger partial charge in [-0.2, -0.15) is 0 Å². The Labute approximate surface area is 160 Å². The molecule has 27 heavy (non-hydrogen) atoms. The predicted molar refractivity (Wildman–Crippen MR) is 103 cm³/mol. The predicted octanol–water partition coefficient (Wildman–Crippen LogP) is 1.01. The minimum Gasteiger partial charge on any atom is -0.356 e. The standard InChI is InChI=1S/C18H28N4O4S/c19-27(25,26)16-8-6-14(7-9-16)10-12-20-17(23)11-13-21-18(24)22-15-4-2-1-3-5-15/h6-9,15H,1-5,10-13H2,(H,20,23)(H2,19,25,26)(H2,21,22,24). The first-order valence-electron chi connectivity index (χ1n) is 9.27. The molecule has 1 aliphatic rings. The van der Waals surface area contributed by atoms with Crippen molar-refractivity contribution in [2.75, 3.05) is 13.1 Å². The Hall–Kier alpha value is -2.13. The second kappa shape index (κ2) is 10.3. The molecular weight excluding hydrogens is 368 g/mol. The van der Waals surface area contributed by atoms with E-state index in [0.717, 1.165) is 31.2 Å². The molecule has 9 heteroatoms. The Morgan fingerprint density at radius 1 is 1.00 bits per heavy atom. The lowest BCUT2D eigenvalue weighted by Gasteiger charge is -2.22. The molecule has 0 unspecified atom stereocenters. The van der Waals surface area contributed by atoms with Gasteiger partial charge in [0.05, 0.1) is 4.90 Å². The Bertz CT molecular complexity index is 728. The summed E-state index contributed by atoms with van der Waals surface area (Å²) in [6, 6.07) is 6.26. The van der Waals surface area contributed by atoms with Gasteiger partial charge in [0.15, 0.2) is 0 Å². The Morgan fingerprint density at radius 2 is 1.67 bits per heavy atom. The van der Waals surface area contributed by atoms with Gasteiger partial charge in [0, 0.05) is 25.6 Å². The molecule has 0 aliphatic heterocycles. The number of rotatable bonds is 8.